The number of sulfonamides is 1. The SMILES string of the molecule is CC[C@@H](C)NC(=O)[C@@H](C)N(Cc1ccccc1Cl)C(=O)CN(c1ccc2c(c1)OCO2)S(C)(=O)=O. The summed E-state index contributed by atoms with van der Waals surface area (Å²) < 4.78 is 37.0. The summed E-state index contributed by atoms with van der Waals surface area (Å²) in [6, 6.07) is 10.7. The van der Waals surface area contributed by atoms with E-state index >= 15 is 0 Å². The van der Waals surface area contributed by atoms with Crippen molar-refractivity contribution in [3.8, 4) is 11.5 Å². The first-order valence-corrected chi connectivity index (χ1v) is 13.4. The van der Waals surface area contributed by atoms with Gasteiger partial charge < -0.3 is 19.7 Å². The molecule has 1 aliphatic heterocycles. The number of carbonyl (C=O) groups excluding carboxylic acids is 2. The number of hydrogen-bond acceptors (Lipinski definition) is 6. The van der Waals surface area contributed by atoms with E-state index < -0.39 is 28.5 Å². The van der Waals surface area contributed by atoms with Crippen LogP contribution < -0.4 is 19.1 Å². The van der Waals surface area contributed by atoms with Crippen LogP contribution >= 0.6 is 11.6 Å². The summed E-state index contributed by atoms with van der Waals surface area (Å²) in [5.41, 5.74) is 0.888. The van der Waals surface area contributed by atoms with Crippen molar-refractivity contribution in [3.63, 3.8) is 0 Å². The molecule has 0 fully saturated rings. The van der Waals surface area contributed by atoms with E-state index in [-0.39, 0.29) is 31.0 Å². The van der Waals surface area contributed by atoms with Crippen molar-refractivity contribution in [2.24, 2.45) is 0 Å². The highest BCUT2D eigenvalue weighted by molar-refractivity contribution is 7.92. The zero-order chi connectivity index (χ0) is 25.8. The van der Waals surface area contributed by atoms with Gasteiger partial charge >= 0.3 is 0 Å². The highest BCUT2D eigenvalue weighted by Gasteiger charge is 2.31. The molecular weight excluding hydrogens is 494 g/mol. The van der Waals surface area contributed by atoms with Crippen LogP contribution in [0.15, 0.2) is 42.5 Å². The maximum absolute atomic E-state index is 13.6. The molecule has 0 radical (unpaired) electrons. The van der Waals surface area contributed by atoms with Crippen LogP contribution in [0.3, 0.4) is 0 Å². The molecule has 2 aromatic carbocycles. The fourth-order valence-corrected chi connectivity index (χ4v) is 4.55. The molecule has 1 heterocycles. The molecule has 0 unspecified atom stereocenters. The van der Waals surface area contributed by atoms with Gasteiger partial charge in [0, 0.05) is 23.7 Å². The minimum atomic E-state index is -3.85. The van der Waals surface area contributed by atoms with Gasteiger partial charge in [-0.05, 0) is 44.0 Å². The summed E-state index contributed by atoms with van der Waals surface area (Å²) in [5, 5.41) is 3.32. The van der Waals surface area contributed by atoms with Gasteiger partial charge in [0.1, 0.15) is 12.6 Å². The van der Waals surface area contributed by atoms with E-state index in [2.05, 4.69) is 5.32 Å². The molecular formula is C24H30ClN3O6S. The van der Waals surface area contributed by atoms with Gasteiger partial charge in [-0.15, -0.1) is 0 Å². The quantitative estimate of drug-likeness (QED) is 0.513. The molecule has 0 saturated heterocycles. The highest BCUT2D eigenvalue weighted by atomic mass is 35.5. The fourth-order valence-electron chi connectivity index (χ4n) is 3.51. The van der Waals surface area contributed by atoms with E-state index in [0.717, 1.165) is 17.0 Å². The lowest BCUT2D eigenvalue weighted by atomic mass is 10.1. The van der Waals surface area contributed by atoms with Crippen LogP contribution in [0.5, 0.6) is 11.5 Å². The lowest BCUT2D eigenvalue weighted by Crippen LogP contribution is -2.52. The third-order valence-electron chi connectivity index (χ3n) is 5.79. The van der Waals surface area contributed by atoms with Gasteiger partial charge in [0.15, 0.2) is 11.5 Å². The van der Waals surface area contributed by atoms with E-state index in [1.807, 2.05) is 13.8 Å². The minimum Gasteiger partial charge on any atom is -0.454 e. The lowest BCUT2D eigenvalue weighted by molar-refractivity contribution is -0.139. The van der Waals surface area contributed by atoms with Gasteiger partial charge in [0.25, 0.3) is 0 Å². The second kappa shape index (κ2) is 11.2. The van der Waals surface area contributed by atoms with Crippen molar-refractivity contribution in [1.29, 1.82) is 0 Å². The fraction of sp³-hybridized carbons (Fsp3) is 0.417. The molecule has 190 valence electrons. The molecule has 0 bridgehead atoms. The van der Waals surface area contributed by atoms with Gasteiger partial charge in [0.2, 0.25) is 28.6 Å². The van der Waals surface area contributed by atoms with E-state index in [1.54, 1.807) is 43.3 Å². The molecule has 2 atom stereocenters. The second-order valence-corrected chi connectivity index (χ2v) is 10.7. The Balaban J connectivity index is 1.92. The average molecular weight is 524 g/mol. The number of carbonyl (C=O) groups is 2. The van der Waals surface area contributed by atoms with Crippen LogP contribution in [0.1, 0.15) is 32.8 Å². The minimum absolute atomic E-state index is 0.0328. The van der Waals surface area contributed by atoms with Crippen LogP contribution in [-0.4, -0.2) is 56.8 Å². The Kier molecular flexibility index (Phi) is 8.50. The molecule has 0 saturated carbocycles. The molecule has 2 aromatic rings. The number of nitrogens with zero attached hydrogens (tertiary/aromatic N) is 2. The topological polar surface area (TPSA) is 105 Å². The summed E-state index contributed by atoms with van der Waals surface area (Å²) in [6.07, 6.45) is 1.74. The highest BCUT2D eigenvalue weighted by Crippen LogP contribution is 2.36. The Morgan fingerprint density at radius 2 is 1.80 bits per heavy atom. The summed E-state index contributed by atoms with van der Waals surface area (Å²) in [5.74, 6) is -0.0180. The number of halogens is 1. The van der Waals surface area contributed by atoms with Gasteiger partial charge in [-0.3, -0.25) is 13.9 Å². The zero-order valence-electron chi connectivity index (χ0n) is 20.2. The average Bonchev–Trinajstić information content (AvgIpc) is 3.28. The van der Waals surface area contributed by atoms with Gasteiger partial charge in [0.05, 0.1) is 11.9 Å². The Hall–Kier alpha value is -2.98. The first-order valence-electron chi connectivity index (χ1n) is 11.2. The third kappa shape index (κ3) is 6.58. The Morgan fingerprint density at radius 3 is 2.46 bits per heavy atom. The first-order chi connectivity index (χ1) is 16.5. The van der Waals surface area contributed by atoms with Crippen LogP contribution in [0.4, 0.5) is 5.69 Å². The number of rotatable bonds is 10. The molecule has 9 nitrogen and oxygen atoms in total. The molecule has 35 heavy (non-hydrogen) atoms. The second-order valence-electron chi connectivity index (χ2n) is 8.41. The molecule has 0 spiro atoms. The summed E-state index contributed by atoms with van der Waals surface area (Å²) in [7, 11) is -3.85. The Bertz CT molecular complexity index is 1190. The summed E-state index contributed by atoms with van der Waals surface area (Å²) in [4.78, 5) is 27.8. The van der Waals surface area contributed by atoms with Crippen molar-refractivity contribution in [1.82, 2.24) is 10.2 Å². The van der Waals surface area contributed by atoms with Crippen LogP contribution in [0.25, 0.3) is 0 Å². The van der Waals surface area contributed by atoms with E-state index in [9.17, 15) is 18.0 Å². The number of amides is 2. The van der Waals surface area contributed by atoms with Crippen molar-refractivity contribution in [3.05, 3.63) is 53.1 Å². The summed E-state index contributed by atoms with van der Waals surface area (Å²) >= 11 is 6.32. The van der Waals surface area contributed by atoms with Crippen molar-refractivity contribution in [2.75, 3.05) is 23.9 Å². The monoisotopic (exact) mass is 523 g/mol. The van der Waals surface area contributed by atoms with E-state index in [4.69, 9.17) is 21.1 Å². The van der Waals surface area contributed by atoms with E-state index in [1.165, 1.54) is 11.0 Å². The smallest absolute Gasteiger partial charge is 0.244 e. The number of benzene rings is 2. The summed E-state index contributed by atoms with van der Waals surface area (Å²) in [6.45, 7) is 4.98. The molecule has 3 rings (SSSR count). The standard InChI is InChI=1S/C24H30ClN3O6S/c1-5-16(2)26-24(30)17(3)27(13-18-8-6-7-9-20(18)25)23(29)14-28(35(4,31)32)19-10-11-21-22(12-19)34-15-33-21/h6-12,16-17H,5,13-15H2,1-4H3,(H,26,30)/t16-,17-/m1/s1. The number of fused-ring (bicyclic) bond motifs is 1. The molecule has 1 aliphatic rings. The largest absolute Gasteiger partial charge is 0.454 e. The van der Waals surface area contributed by atoms with Crippen molar-refractivity contribution < 1.29 is 27.5 Å². The number of hydrogen-bond donors (Lipinski definition) is 1. The van der Waals surface area contributed by atoms with Gasteiger partial charge in [-0.1, -0.05) is 36.7 Å². The number of nitrogens with one attached hydrogen (secondary N) is 1. The molecule has 11 heteroatoms. The lowest BCUT2D eigenvalue weighted by Gasteiger charge is -2.32. The van der Waals surface area contributed by atoms with Gasteiger partial charge in [-0.25, -0.2) is 8.42 Å². The maximum Gasteiger partial charge on any atom is 0.244 e. The van der Waals surface area contributed by atoms with Crippen molar-refractivity contribution in [2.45, 2.75) is 45.8 Å². The normalized spacial score (nSPS) is 14.2. The van der Waals surface area contributed by atoms with Crippen LogP contribution in [0.2, 0.25) is 5.02 Å². The Labute approximate surface area is 211 Å². The number of ether oxygens (including phenoxy) is 2. The predicted molar refractivity (Wildman–Crippen MR) is 134 cm³/mol. The molecule has 2 amide bonds. The molecule has 0 aliphatic carbocycles. The molecule has 1 N–H and O–H groups in total. The predicted octanol–water partition coefficient (Wildman–Crippen LogP) is 3.17. The van der Waals surface area contributed by atoms with Crippen LogP contribution in [0, 0.1) is 0 Å². The Morgan fingerprint density at radius 1 is 1.11 bits per heavy atom. The third-order valence-corrected chi connectivity index (χ3v) is 7.30. The zero-order valence-corrected chi connectivity index (χ0v) is 21.7. The van der Waals surface area contributed by atoms with E-state index in [0.29, 0.717) is 22.1 Å². The van der Waals surface area contributed by atoms with Crippen LogP contribution in [-0.2, 0) is 26.2 Å². The number of anilines is 1. The van der Waals surface area contributed by atoms with Crippen molar-refractivity contribution >= 4 is 39.1 Å². The van der Waals surface area contributed by atoms with Gasteiger partial charge in [-0.2, -0.15) is 0 Å². The maximum atomic E-state index is 13.6. The molecule has 0 aromatic heterocycles. The first kappa shape index (κ1) is 26.6.